The number of para-hydroxylation sites is 1. The van der Waals surface area contributed by atoms with Gasteiger partial charge < -0.3 is 20.4 Å². The lowest BCUT2D eigenvalue weighted by Crippen LogP contribution is -2.47. The summed E-state index contributed by atoms with van der Waals surface area (Å²) in [5.74, 6) is 1.49. The number of nitrogens with one attached hydrogen (secondary N) is 2. The van der Waals surface area contributed by atoms with Gasteiger partial charge in [0.1, 0.15) is 5.82 Å². The predicted octanol–water partition coefficient (Wildman–Crippen LogP) is 2.42. The van der Waals surface area contributed by atoms with Crippen molar-refractivity contribution in [2.45, 2.75) is 13.8 Å². The molecule has 2 N–H and O–H groups in total. The molecule has 3 rings (SSSR count). The number of aryl methyl sites for hydroxylation is 1. The van der Waals surface area contributed by atoms with Gasteiger partial charge in [0.25, 0.3) is 0 Å². The SMILES string of the molecule is CCNC(=S)Nc1nc(C)cc(N2CCN(c3ccccc3)CC2)n1. The first-order chi connectivity index (χ1) is 12.2. The molecule has 1 saturated heterocycles. The molecule has 1 fully saturated rings. The summed E-state index contributed by atoms with van der Waals surface area (Å²) in [7, 11) is 0. The Balaban J connectivity index is 1.66. The largest absolute Gasteiger partial charge is 0.368 e. The zero-order valence-electron chi connectivity index (χ0n) is 14.7. The third-order valence-electron chi connectivity index (χ3n) is 4.13. The summed E-state index contributed by atoms with van der Waals surface area (Å²) < 4.78 is 0. The first kappa shape index (κ1) is 17.4. The van der Waals surface area contributed by atoms with Crippen LogP contribution in [0.5, 0.6) is 0 Å². The van der Waals surface area contributed by atoms with Gasteiger partial charge in [-0.2, -0.15) is 4.98 Å². The molecule has 0 unspecified atom stereocenters. The number of benzene rings is 1. The van der Waals surface area contributed by atoms with Crippen molar-refractivity contribution in [3.8, 4) is 0 Å². The monoisotopic (exact) mass is 356 g/mol. The van der Waals surface area contributed by atoms with Gasteiger partial charge in [0, 0.05) is 50.2 Å². The van der Waals surface area contributed by atoms with Crippen LogP contribution >= 0.6 is 12.2 Å². The van der Waals surface area contributed by atoms with Crippen LogP contribution in [0.4, 0.5) is 17.5 Å². The molecule has 0 radical (unpaired) electrons. The quantitative estimate of drug-likeness (QED) is 0.816. The highest BCUT2D eigenvalue weighted by molar-refractivity contribution is 7.80. The number of aromatic nitrogens is 2. The number of piperazine rings is 1. The summed E-state index contributed by atoms with van der Waals surface area (Å²) >= 11 is 5.23. The maximum absolute atomic E-state index is 5.23. The maximum Gasteiger partial charge on any atom is 0.231 e. The lowest BCUT2D eigenvalue weighted by atomic mass is 10.2. The van der Waals surface area contributed by atoms with Gasteiger partial charge in [-0.05, 0) is 38.2 Å². The van der Waals surface area contributed by atoms with Crippen LogP contribution in [0.3, 0.4) is 0 Å². The van der Waals surface area contributed by atoms with Gasteiger partial charge in [0.15, 0.2) is 5.11 Å². The summed E-state index contributed by atoms with van der Waals surface area (Å²) in [6.07, 6.45) is 0. The molecule has 0 spiro atoms. The van der Waals surface area contributed by atoms with Crippen LogP contribution in [0, 0.1) is 6.92 Å². The third-order valence-corrected chi connectivity index (χ3v) is 4.37. The van der Waals surface area contributed by atoms with E-state index in [0.29, 0.717) is 11.1 Å². The highest BCUT2D eigenvalue weighted by Gasteiger charge is 2.19. The van der Waals surface area contributed by atoms with Crippen LogP contribution in [-0.2, 0) is 0 Å². The second-order valence-corrected chi connectivity index (χ2v) is 6.39. The molecule has 0 saturated carbocycles. The maximum atomic E-state index is 5.23. The molecule has 132 valence electrons. The van der Waals surface area contributed by atoms with E-state index in [0.717, 1.165) is 44.2 Å². The van der Waals surface area contributed by atoms with Crippen molar-refractivity contribution in [3.63, 3.8) is 0 Å². The van der Waals surface area contributed by atoms with E-state index in [-0.39, 0.29) is 0 Å². The number of nitrogens with zero attached hydrogens (tertiary/aromatic N) is 4. The summed E-state index contributed by atoms with van der Waals surface area (Å²) in [6.45, 7) is 8.57. The Morgan fingerprint density at radius 3 is 2.44 bits per heavy atom. The zero-order chi connectivity index (χ0) is 17.6. The van der Waals surface area contributed by atoms with Crippen molar-refractivity contribution >= 4 is 34.8 Å². The fourth-order valence-corrected chi connectivity index (χ4v) is 3.14. The molecular formula is C18H24N6S. The summed E-state index contributed by atoms with van der Waals surface area (Å²) in [5.41, 5.74) is 2.21. The van der Waals surface area contributed by atoms with Crippen molar-refractivity contribution in [2.75, 3.05) is 47.8 Å². The summed E-state index contributed by atoms with van der Waals surface area (Å²) in [6, 6.07) is 12.6. The molecule has 0 atom stereocenters. The predicted molar refractivity (Wildman–Crippen MR) is 108 cm³/mol. The van der Waals surface area contributed by atoms with E-state index in [1.807, 2.05) is 19.9 Å². The fraction of sp³-hybridized carbons (Fsp3) is 0.389. The van der Waals surface area contributed by atoms with Gasteiger partial charge >= 0.3 is 0 Å². The first-order valence-electron chi connectivity index (χ1n) is 8.61. The third kappa shape index (κ3) is 4.57. The van der Waals surface area contributed by atoms with Crippen molar-refractivity contribution in [2.24, 2.45) is 0 Å². The average Bonchev–Trinajstić information content (AvgIpc) is 2.62. The van der Waals surface area contributed by atoms with E-state index < -0.39 is 0 Å². The Morgan fingerprint density at radius 2 is 1.76 bits per heavy atom. The Morgan fingerprint density at radius 1 is 1.08 bits per heavy atom. The molecule has 1 aromatic carbocycles. The van der Waals surface area contributed by atoms with E-state index in [9.17, 15) is 0 Å². The van der Waals surface area contributed by atoms with E-state index in [4.69, 9.17) is 12.2 Å². The van der Waals surface area contributed by atoms with Crippen molar-refractivity contribution < 1.29 is 0 Å². The summed E-state index contributed by atoms with van der Waals surface area (Å²) in [4.78, 5) is 13.8. The molecule has 0 aliphatic carbocycles. The minimum atomic E-state index is 0.548. The van der Waals surface area contributed by atoms with E-state index >= 15 is 0 Å². The van der Waals surface area contributed by atoms with Crippen molar-refractivity contribution in [3.05, 3.63) is 42.1 Å². The van der Waals surface area contributed by atoms with Gasteiger partial charge in [-0.15, -0.1) is 0 Å². The molecule has 1 aliphatic heterocycles. The van der Waals surface area contributed by atoms with E-state index in [1.165, 1.54) is 5.69 Å². The molecule has 7 heteroatoms. The number of thiocarbonyl (C=S) groups is 1. The lowest BCUT2D eigenvalue weighted by Gasteiger charge is -2.36. The van der Waals surface area contributed by atoms with Gasteiger partial charge in [-0.1, -0.05) is 18.2 Å². The minimum absolute atomic E-state index is 0.548. The van der Waals surface area contributed by atoms with Gasteiger partial charge in [-0.3, -0.25) is 0 Å². The molecule has 0 bridgehead atoms. The van der Waals surface area contributed by atoms with Crippen LogP contribution in [0.1, 0.15) is 12.6 Å². The zero-order valence-corrected chi connectivity index (χ0v) is 15.5. The van der Waals surface area contributed by atoms with Crippen molar-refractivity contribution in [1.82, 2.24) is 15.3 Å². The fourth-order valence-electron chi connectivity index (χ4n) is 2.91. The van der Waals surface area contributed by atoms with Crippen LogP contribution in [0.2, 0.25) is 0 Å². The standard InChI is InChI=1S/C18H24N6S/c1-3-19-18(25)22-17-20-14(2)13-16(21-17)24-11-9-23(10-12-24)15-7-5-4-6-8-15/h4-8,13H,3,9-12H2,1-2H3,(H2,19,20,21,22,25). The van der Waals surface area contributed by atoms with Gasteiger partial charge in [-0.25, -0.2) is 4.98 Å². The lowest BCUT2D eigenvalue weighted by molar-refractivity contribution is 0.647. The minimum Gasteiger partial charge on any atom is -0.368 e. The number of anilines is 3. The second kappa shape index (κ2) is 8.11. The molecule has 6 nitrogen and oxygen atoms in total. The molecule has 1 aliphatic rings. The van der Waals surface area contributed by atoms with E-state index in [1.54, 1.807) is 0 Å². The Kier molecular flexibility index (Phi) is 5.65. The number of hydrogen-bond donors (Lipinski definition) is 2. The Hall–Kier alpha value is -2.41. The Bertz CT molecular complexity index is 713. The van der Waals surface area contributed by atoms with Crippen LogP contribution in [-0.4, -0.2) is 47.8 Å². The van der Waals surface area contributed by atoms with E-state index in [2.05, 4.69) is 60.7 Å². The first-order valence-corrected chi connectivity index (χ1v) is 9.02. The Labute approximate surface area is 154 Å². The normalized spacial score (nSPS) is 14.3. The highest BCUT2D eigenvalue weighted by Crippen LogP contribution is 2.20. The van der Waals surface area contributed by atoms with Crippen LogP contribution < -0.4 is 20.4 Å². The van der Waals surface area contributed by atoms with Crippen molar-refractivity contribution in [1.29, 1.82) is 0 Å². The van der Waals surface area contributed by atoms with Gasteiger partial charge in [0.2, 0.25) is 5.95 Å². The number of rotatable bonds is 4. The molecule has 2 heterocycles. The molecular weight excluding hydrogens is 332 g/mol. The molecule has 0 amide bonds. The second-order valence-electron chi connectivity index (χ2n) is 5.99. The molecule has 25 heavy (non-hydrogen) atoms. The smallest absolute Gasteiger partial charge is 0.231 e. The topological polar surface area (TPSA) is 56.3 Å². The molecule has 1 aromatic heterocycles. The molecule has 2 aromatic rings. The number of hydrogen-bond acceptors (Lipinski definition) is 5. The van der Waals surface area contributed by atoms with Crippen LogP contribution in [0.25, 0.3) is 0 Å². The highest BCUT2D eigenvalue weighted by atomic mass is 32.1. The van der Waals surface area contributed by atoms with Crippen LogP contribution in [0.15, 0.2) is 36.4 Å². The van der Waals surface area contributed by atoms with Gasteiger partial charge in [0.05, 0.1) is 0 Å². The summed E-state index contributed by atoms with van der Waals surface area (Å²) in [5, 5.41) is 6.66. The average molecular weight is 356 g/mol.